The Balaban J connectivity index is 1.55. The molecule has 0 radical (unpaired) electrons. The summed E-state index contributed by atoms with van der Waals surface area (Å²) in [6, 6.07) is 13.3. The number of ether oxygens (including phenoxy) is 4. The highest BCUT2D eigenvalue weighted by Gasteiger charge is 2.40. The molecule has 234 valence electrons. The van der Waals surface area contributed by atoms with Crippen LogP contribution in [0.2, 0.25) is 0 Å². The Morgan fingerprint density at radius 3 is 2.65 bits per heavy atom. The first-order valence-electron chi connectivity index (χ1n) is 14.1. The van der Waals surface area contributed by atoms with Crippen molar-refractivity contribution in [2.45, 2.75) is 25.0 Å². The van der Waals surface area contributed by atoms with Gasteiger partial charge < -0.3 is 44.0 Å². The fourth-order valence-electron chi connectivity index (χ4n) is 5.57. The number of likely N-dealkylation sites (tertiary alicyclic amines) is 1. The molecule has 2 N–H and O–H groups in total. The maximum atomic E-state index is 12.2. The van der Waals surface area contributed by atoms with Crippen molar-refractivity contribution >= 4 is 17.7 Å². The van der Waals surface area contributed by atoms with Crippen molar-refractivity contribution < 1.29 is 43.6 Å². The maximum absolute atomic E-state index is 12.2. The third kappa shape index (κ3) is 8.61. The van der Waals surface area contributed by atoms with Crippen LogP contribution < -0.4 is 19.7 Å². The molecule has 1 saturated heterocycles. The quantitative estimate of drug-likeness (QED) is 0.186. The first-order valence-corrected chi connectivity index (χ1v) is 14.1. The number of methoxy groups -OCH3 is 2. The van der Waals surface area contributed by atoms with Gasteiger partial charge in [-0.3, -0.25) is 4.79 Å². The number of carboxylic acid groups (broad SMARTS) is 1. The highest BCUT2D eigenvalue weighted by molar-refractivity contribution is 5.77. The molecule has 2 aliphatic rings. The topological polar surface area (TPSA) is 162 Å². The molecule has 14 nitrogen and oxygen atoms in total. The van der Waals surface area contributed by atoms with Crippen molar-refractivity contribution in [1.29, 1.82) is 0 Å². The average Bonchev–Trinajstić information content (AvgIpc) is 3.01. The fourth-order valence-corrected chi connectivity index (χ4v) is 5.57. The van der Waals surface area contributed by atoms with Gasteiger partial charge in [0.15, 0.2) is 6.61 Å². The summed E-state index contributed by atoms with van der Waals surface area (Å²) < 4.78 is 22.8. The predicted octanol–water partition coefficient (Wildman–Crippen LogP) is 2.53. The molecule has 0 bridgehead atoms. The monoisotopic (exact) mass is 602 g/mol. The van der Waals surface area contributed by atoms with Gasteiger partial charge in [0.1, 0.15) is 18.1 Å². The zero-order valence-corrected chi connectivity index (χ0v) is 24.3. The number of anilines is 1. The van der Waals surface area contributed by atoms with Crippen molar-refractivity contribution in [2.24, 2.45) is 5.92 Å². The van der Waals surface area contributed by atoms with E-state index in [2.05, 4.69) is 15.1 Å². The van der Waals surface area contributed by atoms with Crippen molar-refractivity contribution in [3.63, 3.8) is 0 Å². The normalized spacial score (nSPS) is 19.6. The highest BCUT2D eigenvalue weighted by Crippen LogP contribution is 2.37. The molecule has 0 unspecified atom stereocenters. The van der Waals surface area contributed by atoms with Gasteiger partial charge in [-0.15, -0.1) is 10.1 Å². The van der Waals surface area contributed by atoms with Gasteiger partial charge in [-0.1, -0.05) is 18.2 Å². The third-order valence-corrected chi connectivity index (χ3v) is 7.62. The molecule has 0 aliphatic carbocycles. The van der Waals surface area contributed by atoms with Gasteiger partial charge in [-0.25, -0.2) is 4.79 Å². The number of fused-ring (bicyclic) bond motifs is 1. The van der Waals surface area contributed by atoms with Crippen LogP contribution in [0.25, 0.3) is 0 Å². The van der Waals surface area contributed by atoms with Crippen molar-refractivity contribution in [1.82, 2.24) is 10.2 Å². The molecular formula is C29H38N4O10. The van der Waals surface area contributed by atoms with Crippen molar-refractivity contribution in [2.75, 3.05) is 71.7 Å². The number of hydrogen-bond acceptors (Lipinski definition) is 10. The summed E-state index contributed by atoms with van der Waals surface area (Å²) in [5.74, 6) is 0.0922. The lowest BCUT2D eigenvalue weighted by atomic mass is 9.78. The molecule has 3 atom stereocenters. The van der Waals surface area contributed by atoms with Gasteiger partial charge in [0.05, 0.1) is 38.6 Å². The van der Waals surface area contributed by atoms with Gasteiger partial charge in [0, 0.05) is 45.2 Å². The minimum Gasteiger partial charge on any atom is -0.497 e. The van der Waals surface area contributed by atoms with Crippen LogP contribution in [0.4, 0.5) is 10.5 Å². The number of benzene rings is 2. The van der Waals surface area contributed by atoms with Gasteiger partial charge in [-0.2, -0.15) is 0 Å². The first-order chi connectivity index (χ1) is 20.8. The minimum atomic E-state index is -1.10. The fraction of sp³-hybridized carbons (Fsp3) is 0.517. The summed E-state index contributed by atoms with van der Waals surface area (Å²) in [7, 11) is 3.25. The van der Waals surface area contributed by atoms with E-state index >= 15 is 0 Å². The summed E-state index contributed by atoms with van der Waals surface area (Å²) >= 11 is 0. The van der Waals surface area contributed by atoms with Crippen LogP contribution in [0, 0.1) is 16.0 Å². The molecule has 2 aromatic carbocycles. The lowest BCUT2D eigenvalue weighted by Crippen LogP contribution is -2.53. The number of piperidine rings is 1. The van der Waals surface area contributed by atoms with Crippen LogP contribution in [-0.2, 0) is 25.7 Å². The number of nitrogens with zero attached hydrogens (tertiary/aromatic N) is 3. The Kier molecular flexibility index (Phi) is 11.2. The second-order valence-electron chi connectivity index (χ2n) is 10.4. The maximum Gasteiger partial charge on any atom is 0.407 e. The molecule has 0 spiro atoms. The SMILES string of the molecule is COCCCN1CCOc2ccc(CO[C@H]3CN(C(=O)O)C[C@@H](CNC(=O)CO[N+](=O)[O-])[C@@H]3c3ccc(OC)cc3)cc21. The molecular weight excluding hydrogens is 564 g/mol. The molecule has 2 aromatic rings. The van der Waals surface area contributed by atoms with E-state index in [4.69, 9.17) is 18.9 Å². The van der Waals surface area contributed by atoms with E-state index in [1.54, 1.807) is 14.2 Å². The molecule has 1 fully saturated rings. The predicted molar refractivity (Wildman–Crippen MR) is 154 cm³/mol. The van der Waals surface area contributed by atoms with Gasteiger partial charge >= 0.3 is 6.09 Å². The van der Waals surface area contributed by atoms with E-state index in [0.717, 1.165) is 42.1 Å². The lowest BCUT2D eigenvalue weighted by molar-refractivity contribution is -0.754. The molecule has 14 heteroatoms. The molecule has 2 amide bonds. The van der Waals surface area contributed by atoms with E-state index in [1.165, 1.54) is 4.90 Å². The molecule has 43 heavy (non-hydrogen) atoms. The molecule has 0 aromatic heterocycles. The van der Waals surface area contributed by atoms with Crippen LogP contribution in [0.15, 0.2) is 42.5 Å². The second-order valence-corrected chi connectivity index (χ2v) is 10.4. The number of hydrogen-bond donors (Lipinski definition) is 2. The van der Waals surface area contributed by atoms with E-state index < -0.39 is 35.7 Å². The highest BCUT2D eigenvalue weighted by atomic mass is 16.9. The van der Waals surface area contributed by atoms with Crippen LogP contribution in [0.5, 0.6) is 11.5 Å². The minimum absolute atomic E-state index is 0.0624. The summed E-state index contributed by atoms with van der Waals surface area (Å²) in [5, 5.41) is 22.0. The molecule has 4 rings (SSSR count). The average molecular weight is 603 g/mol. The van der Waals surface area contributed by atoms with Gasteiger partial charge in [-0.05, 0) is 41.8 Å². The summed E-state index contributed by atoms with van der Waals surface area (Å²) in [5.41, 5.74) is 2.77. The summed E-state index contributed by atoms with van der Waals surface area (Å²) in [4.78, 5) is 42.5. The van der Waals surface area contributed by atoms with Gasteiger partial charge in [0.2, 0.25) is 5.91 Å². The zero-order valence-electron chi connectivity index (χ0n) is 24.3. The van der Waals surface area contributed by atoms with Crippen molar-refractivity contribution in [3.8, 4) is 11.5 Å². The Morgan fingerprint density at radius 1 is 1.16 bits per heavy atom. The Hall–Kier alpha value is -4.30. The summed E-state index contributed by atoms with van der Waals surface area (Å²) in [6.45, 7) is 2.64. The largest absolute Gasteiger partial charge is 0.497 e. The Labute approximate surface area is 249 Å². The molecule has 0 saturated carbocycles. The number of amides is 2. The second kappa shape index (κ2) is 15.3. The molecule has 2 aliphatic heterocycles. The standard InChI is InChI=1S/C29H38N4O10/c1-39-12-3-10-31-11-13-41-25-9-4-20(14-24(25)31)18-42-26-17-32(29(35)36)16-22(15-30-27(34)19-43-33(37)38)28(26)21-5-7-23(40-2)8-6-21/h4-9,14,22,26,28H,3,10-13,15-19H2,1-2H3,(H,30,34)(H,35,36)/t22-,26+,28+/m1/s1. The van der Waals surface area contributed by atoms with E-state index in [-0.39, 0.29) is 32.2 Å². The van der Waals surface area contributed by atoms with E-state index in [0.29, 0.717) is 19.0 Å². The number of nitrogens with one attached hydrogen (secondary N) is 1. The summed E-state index contributed by atoms with van der Waals surface area (Å²) in [6.07, 6.45) is -0.781. The molecule has 2 heterocycles. The number of carbonyl (C=O) groups excluding carboxylic acids is 1. The lowest BCUT2D eigenvalue weighted by Gasteiger charge is -2.43. The Morgan fingerprint density at radius 2 is 1.95 bits per heavy atom. The Bertz CT molecular complexity index is 1240. The smallest absolute Gasteiger partial charge is 0.407 e. The van der Waals surface area contributed by atoms with Crippen molar-refractivity contribution in [3.05, 3.63) is 63.7 Å². The first kappa shape index (κ1) is 31.6. The van der Waals surface area contributed by atoms with E-state index in [1.807, 2.05) is 42.5 Å². The van der Waals surface area contributed by atoms with Crippen LogP contribution in [0.1, 0.15) is 23.5 Å². The van der Waals surface area contributed by atoms with Crippen LogP contribution in [0.3, 0.4) is 0 Å². The zero-order chi connectivity index (χ0) is 30.8. The third-order valence-electron chi connectivity index (χ3n) is 7.62. The van der Waals surface area contributed by atoms with Crippen LogP contribution in [-0.4, -0.2) is 100.0 Å². The van der Waals surface area contributed by atoms with E-state index in [9.17, 15) is 24.8 Å². The van der Waals surface area contributed by atoms with Crippen LogP contribution >= 0.6 is 0 Å². The van der Waals surface area contributed by atoms with Gasteiger partial charge in [0.25, 0.3) is 5.09 Å². The number of carbonyl (C=O) groups is 2. The number of rotatable bonds is 14.